The summed E-state index contributed by atoms with van der Waals surface area (Å²) in [6, 6.07) is 14.2. The molecular weight excluding hydrogens is 387 g/mol. The minimum absolute atomic E-state index is 0.0460. The van der Waals surface area contributed by atoms with Crippen molar-refractivity contribution in [3.8, 4) is 5.75 Å². The standard InChI is InChI=1S/C21H23FN6O2/c1-24-9-10-29-11-12-30-18-7-5-16(6-8-18)27-21-25-14-19(22)20(28-21)26-17-4-2-3-15(23)13-17/h2-8,13-14H,1,9-12,23H2,(H2,25,26,27,28). The highest BCUT2D eigenvalue weighted by atomic mass is 19.1. The van der Waals surface area contributed by atoms with E-state index in [9.17, 15) is 4.39 Å². The van der Waals surface area contributed by atoms with Crippen molar-refractivity contribution < 1.29 is 13.9 Å². The van der Waals surface area contributed by atoms with E-state index < -0.39 is 5.82 Å². The molecule has 0 aliphatic heterocycles. The molecule has 0 saturated heterocycles. The van der Waals surface area contributed by atoms with E-state index in [0.29, 0.717) is 43.5 Å². The van der Waals surface area contributed by atoms with Gasteiger partial charge in [-0.15, -0.1) is 0 Å². The van der Waals surface area contributed by atoms with Crippen molar-refractivity contribution in [2.24, 2.45) is 4.99 Å². The van der Waals surface area contributed by atoms with Gasteiger partial charge in [0.2, 0.25) is 5.95 Å². The maximum absolute atomic E-state index is 14.1. The van der Waals surface area contributed by atoms with Gasteiger partial charge in [-0.25, -0.2) is 9.37 Å². The summed E-state index contributed by atoms with van der Waals surface area (Å²) in [4.78, 5) is 11.9. The highest BCUT2D eigenvalue weighted by Gasteiger charge is 2.08. The maximum atomic E-state index is 14.1. The fraction of sp³-hybridized carbons (Fsp3) is 0.190. The number of halogens is 1. The third kappa shape index (κ3) is 6.42. The summed E-state index contributed by atoms with van der Waals surface area (Å²) in [5.74, 6) is 0.429. The number of anilines is 5. The van der Waals surface area contributed by atoms with Crippen LogP contribution in [0.1, 0.15) is 0 Å². The molecule has 0 bridgehead atoms. The maximum Gasteiger partial charge on any atom is 0.229 e. The van der Waals surface area contributed by atoms with Gasteiger partial charge in [0, 0.05) is 17.1 Å². The number of aromatic nitrogens is 2. The Labute approximate surface area is 174 Å². The van der Waals surface area contributed by atoms with Crippen LogP contribution in [-0.4, -0.2) is 43.1 Å². The van der Waals surface area contributed by atoms with Crippen LogP contribution in [0, 0.1) is 5.82 Å². The highest BCUT2D eigenvalue weighted by Crippen LogP contribution is 2.22. The topological polar surface area (TPSA) is 107 Å². The molecule has 4 N–H and O–H groups in total. The van der Waals surface area contributed by atoms with E-state index in [1.807, 2.05) is 24.3 Å². The molecule has 9 heteroatoms. The number of nitrogens with two attached hydrogens (primary N) is 1. The Hall–Kier alpha value is -3.72. The van der Waals surface area contributed by atoms with Gasteiger partial charge in [0.05, 0.1) is 26.0 Å². The fourth-order valence-electron chi connectivity index (χ4n) is 2.48. The van der Waals surface area contributed by atoms with Crippen LogP contribution in [0.4, 0.5) is 33.2 Å². The van der Waals surface area contributed by atoms with E-state index in [4.69, 9.17) is 15.2 Å². The van der Waals surface area contributed by atoms with Crippen LogP contribution in [0.2, 0.25) is 0 Å². The molecule has 0 atom stereocenters. The number of aliphatic imine (C=N–C) groups is 1. The summed E-state index contributed by atoms with van der Waals surface area (Å²) in [6.07, 6.45) is 1.10. The van der Waals surface area contributed by atoms with Crippen molar-refractivity contribution >= 4 is 35.5 Å². The van der Waals surface area contributed by atoms with Crippen molar-refractivity contribution in [1.82, 2.24) is 9.97 Å². The number of hydrogen-bond acceptors (Lipinski definition) is 8. The predicted octanol–water partition coefficient (Wildman–Crippen LogP) is 3.78. The first-order chi connectivity index (χ1) is 14.6. The van der Waals surface area contributed by atoms with Crippen LogP contribution in [0.5, 0.6) is 5.75 Å². The predicted molar refractivity (Wildman–Crippen MR) is 117 cm³/mol. The lowest BCUT2D eigenvalue weighted by Crippen LogP contribution is -2.08. The molecule has 0 radical (unpaired) electrons. The van der Waals surface area contributed by atoms with Crippen LogP contribution in [-0.2, 0) is 4.74 Å². The monoisotopic (exact) mass is 410 g/mol. The van der Waals surface area contributed by atoms with Gasteiger partial charge in [0.25, 0.3) is 0 Å². The number of nitrogen functional groups attached to an aromatic ring is 1. The van der Waals surface area contributed by atoms with E-state index in [1.54, 1.807) is 24.3 Å². The molecule has 8 nitrogen and oxygen atoms in total. The van der Waals surface area contributed by atoms with Crippen molar-refractivity contribution in [2.75, 3.05) is 42.7 Å². The minimum Gasteiger partial charge on any atom is -0.491 e. The molecule has 1 aromatic heterocycles. The SMILES string of the molecule is C=NCCOCCOc1ccc(Nc2ncc(F)c(Nc3cccc(N)c3)n2)cc1. The largest absolute Gasteiger partial charge is 0.491 e. The summed E-state index contributed by atoms with van der Waals surface area (Å²) in [6.45, 7) is 5.40. The molecule has 0 fully saturated rings. The Morgan fingerprint density at radius 2 is 1.87 bits per heavy atom. The quantitative estimate of drug-likeness (QED) is 0.251. The third-order valence-corrected chi connectivity index (χ3v) is 3.89. The molecule has 156 valence electrons. The van der Waals surface area contributed by atoms with Crippen LogP contribution < -0.4 is 21.1 Å². The Morgan fingerprint density at radius 3 is 2.63 bits per heavy atom. The fourth-order valence-corrected chi connectivity index (χ4v) is 2.48. The van der Waals surface area contributed by atoms with Gasteiger partial charge in [-0.1, -0.05) is 6.07 Å². The van der Waals surface area contributed by atoms with Crippen LogP contribution in [0.25, 0.3) is 0 Å². The average molecular weight is 410 g/mol. The summed E-state index contributed by atoms with van der Waals surface area (Å²) in [7, 11) is 0. The lowest BCUT2D eigenvalue weighted by molar-refractivity contribution is 0.106. The number of rotatable bonds is 11. The van der Waals surface area contributed by atoms with Gasteiger partial charge in [-0.05, 0) is 49.2 Å². The van der Waals surface area contributed by atoms with E-state index in [1.165, 1.54) is 0 Å². The molecule has 0 amide bonds. The Balaban J connectivity index is 1.56. The lowest BCUT2D eigenvalue weighted by Gasteiger charge is -2.11. The zero-order valence-electron chi connectivity index (χ0n) is 16.3. The summed E-state index contributed by atoms with van der Waals surface area (Å²) in [5.41, 5.74) is 7.68. The van der Waals surface area contributed by atoms with Crippen molar-refractivity contribution in [1.29, 1.82) is 0 Å². The number of nitrogens with zero attached hydrogens (tertiary/aromatic N) is 3. The first kappa shape index (κ1) is 21.0. The van der Waals surface area contributed by atoms with E-state index in [-0.39, 0.29) is 11.8 Å². The highest BCUT2D eigenvalue weighted by molar-refractivity contribution is 5.63. The van der Waals surface area contributed by atoms with Gasteiger partial charge in [0.1, 0.15) is 12.4 Å². The Bertz CT molecular complexity index is 968. The van der Waals surface area contributed by atoms with Crippen molar-refractivity contribution in [3.05, 3.63) is 60.5 Å². The van der Waals surface area contributed by atoms with Gasteiger partial charge in [0.15, 0.2) is 11.6 Å². The normalized spacial score (nSPS) is 10.4. The van der Waals surface area contributed by atoms with Crippen LogP contribution >= 0.6 is 0 Å². The van der Waals surface area contributed by atoms with Gasteiger partial charge in [-0.3, -0.25) is 4.99 Å². The van der Waals surface area contributed by atoms with E-state index in [2.05, 4.69) is 32.3 Å². The molecule has 0 spiro atoms. The zero-order chi connectivity index (χ0) is 21.2. The van der Waals surface area contributed by atoms with Crippen molar-refractivity contribution in [3.63, 3.8) is 0 Å². The van der Waals surface area contributed by atoms with Crippen molar-refractivity contribution in [2.45, 2.75) is 0 Å². The molecule has 0 unspecified atom stereocenters. The van der Waals surface area contributed by atoms with Gasteiger partial charge in [-0.2, -0.15) is 4.98 Å². The second kappa shape index (κ2) is 10.7. The van der Waals surface area contributed by atoms with Gasteiger partial charge >= 0.3 is 0 Å². The third-order valence-electron chi connectivity index (χ3n) is 3.89. The molecule has 3 rings (SSSR count). The van der Waals surface area contributed by atoms with Gasteiger partial charge < -0.3 is 25.8 Å². The molecule has 0 saturated carbocycles. The van der Waals surface area contributed by atoms with E-state index in [0.717, 1.165) is 11.9 Å². The lowest BCUT2D eigenvalue weighted by atomic mass is 10.3. The first-order valence-corrected chi connectivity index (χ1v) is 9.29. The molecule has 2 aromatic carbocycles. The molecule has 0 aliphatic carbocycles. The Kier molecular flexibility index (Phi) is 7.51. The van der Waals surface area contributed by atoms with Crippen LogP contribution in [0.15, 0.2) is 59.7 Å². The molecule has 3 aromatic rings. The number of nitrogens with one attached hydrogen (secondary N) is 2. The number of ether oxygens (including phenoxy) is 2. The molecule has 30 heavy (non-hydrogen) atoms. The van der Waals surface area contributed by atoms with Crippen LogP contribution in [0.3, 0.4) is 0 Å². The van der Waals surface area contributed by atoms with E-state index >= 15 is 0 Å². The molecule has 0 aliphatic rings. The number of hydrogen-bond donors (Lipinski definition) is 3. The summed E-state index contributed by atoms with van der Waals surface area (Å²) < 4.78 is 25.0. The molecular formula is C21H23FN6O2. The second-order valence-corrected chi connectivity index (χ2v) is 6.20. The minimum atomic E-state index is -0.571. The molecule has 1 heterocycles. The number of benzene rings is 2. The summed E-state index contributed by atoms with van der Waals surface area (Å²) in [5, 5.41) is 5.94. The zero-order valence-corrected chi connectivity index (χ0v) is 16.3. The summed E-state index contributed by atoms with van der Waals surface area (Å²) >= 11 is 0. The average Bonchev–Trinajstić information content (AvgIpc) is 2.74. The first-order valence-electron chi connectivity index (χ1n) is 9.29. The Morgan fingerprint density at radius 1 is 1.03 bits per heavy atom. The smallest absolute Gasteiger partial charge is 0.229 e. The second-order valence-electron chi connectivity index (χ2n) is 6.20.